The molecule has 0 amide bonds. The van der Waals surface area contributed by atoms with Crippen LogP contribution in [0.3, 0.4) is 0 Å². The van der Waals surface area contributed by atoms with Crippen molar-refractivity contribution < 1.29 is 17.9 Å². The van der Waals surface area contributed by atoms with E-state index in [0.717, 1.165) is 54.1 Å². The number of hydrogen-bond acceptors (Lipinski definition) is 10. The van der Waals surface area contributed by atoms with Crippen molar-refractivity contribution >= 4 is 15.8 Å². The minimum atomic E-state index is -3.09. The first kappa shape index (κ1) is 27.0. The van der Waals surface area contributed by atoms with Crippen molar-refractivity contribution in [3.63, 3.8) is 0 Å². The average molecular weight is 558 g/mol. The van der Waals surface area contributed by atoms with E-state index in [2.05, 4.69) is 51.9 Å². The SMILES string of the molecule is COC1CC2NNC(c3ccc(N4CC5(C4)CN(S(C)(=O)=O)C5)nc3)C2CC1O[C@H](C)c1c(C)cnnc1C. The van der Waals surface area contributed by atoms with Crippen molar-refractivity contribution in [2.45, 2.75) is 64.0 Å². The fourth-order valence-electron chi connectivity index (χ4n) is 7.11. The molecule has 0 bridgehead atoms. The number of fused-ring (bicyclic) bond motifs is 1. The van der Waals surface area contributed by atoms with E-state index in [1.807, 2.05) is 13.1 Å². The van der Waals surface area contributed by atoms with Gasteiger partial charge < -0.3 is 14.4 Å². The molecule has 1 spiro atoms. The van der Waals surface area contributed by atoms with Gasteiger partial charge in [0.1, 0.15) is 5.82 Å². The number of rotatable bonds is 7. The van der Waals surface area contributed by atoms with E-state index in [4.69, 9.17) is 14.5 Å². The van der Waals surface area contributed by atoms with Crippen LogP contribution in [0, 0.1) is 25.2 Å². The van der Waals surface area contributed by atoms with Gasteiger partial charge in [-0.15, -0.1) is 0 Å². The Bertz CT molecular complexity index is 1290. The molecule has 3 aliphatic heterocycles. The third-order valence-corrected chi connectivity index (χ3v) is 10.3. The lowest BCUT2D eigenvalue weighted by atomic mass is 9.74. The average Bonchev–Trinajstić information content (AvgIpc) is 3.24. The maximum Gasteiger partial charge on any atom is 0.211 e. The van der Waals surface area contributed by atoms with Crippen LogP contribution in [0.4, 0.5) is 5.82 Å². The molecule has 6 rings (SSSR count). The summed E-state index contributed by atoms with van der Waals surface area (Å²) in [6.07, 6.45) is 6.62. The Labute approximate surface area is 230 Å². The van der Waals surface area contributed by atoms with Gasteiger partial charge in [0.15, 0.2) is 0 Å². The van der Waals surface area contributed by atoms with Gasteiger partial charge in [-0.3, -0.25) is 5.43 Å². The summed E-state index contributed by atoms with van der Waals surface area (Å²) in [6.45, 7) is 9.04. The number of methoxy groups -OCH3 is 1. The van der Waals surface area contributed by atoms with Crippen LogP contribution < -0.4 is 15.8 Å². The Hall–Kier alpha value is -2.22. The van der Waals surface area contributed by atoms with E-state index in [1.165, 1.54) is 6.26 Å². The molecule has 212 valence electrons. The van der Waals surface area contributed by atoms with E-state index in [-0.39, 0.29) is 35.8 Å². The first-order valence-corrected chi connectivity index (χ1v) is 15.6. The standard InChI is InChI=1S/C27H39N7O4S/c1-16-10-29-30-17(2)25(16)18(3)38-23-8-20-21(9-22(23)37-4)31-32-26(20)19-6-7-24(28-11-19)33-12-27(13-33)14-34(15-27)39(5,35)36/h6-7,10-11,18,20-23,26,31-32H,8-9,12-15H2,1-5H3/t18-,20?,21?,22?,23?,26?/m1/s1. The summed E-state index contributed by atoms with van der Waals surface area (Å²) < 4.78 is 37.6. The molecule has 0 aromatic carbocycles. The van der Waals surface area contributed by atoms with E-state index in [1.54, 1.807) is 17.6 Å². The molecule has 2 N–H and O–H groups in total. The van der Waals surface area contributed by atoms with Crippen LogP contribution in [-0.4, -0.2) is 85.7 Å². The summed E-state index contributed by atoms with van der Waals surface area (Å²) in [5, 5.41) is 8.30. The number of aryl methyl sites for hydroxylation is 2. The smallest absolute Gasteiger partial charge is 0.211 e. The highest BCUT2D eigenvalue weighted by Crippen LogP contribution is 2.44. The molecule has 12 heteroatoms. The van der Waals surface area contributed by atoms with E-state index < -0.39 is 10.0 Å². The van der Waals surface area contributed by atoms with Crippen molar-refractivity contribution in [2.24, 2.45) is 11.3 Å². The second-order valence-corrected chi connectivity index (χ2v) is 13.9. The number of sulfonamides is 1. The second-order valence-electron chi connectivity index (χ2n) is 12.0. The minimum Gasteiger partial charge on any atom is -0.379 e. The fraction of sp³-hybridized carbons (Fsp3) is 0.667. The Balaban J connectivity index is 1.10. The van der Waals surface area contributed by atoms with Crippen LogP contribution in [0.15, 0.2) is 24.5 Å². The number of hydrazine groups is 1. The van der Waals surface area contributed by atoms with Gasteiger partial charge in [0.25, 0.3) is 0 Å². The van der Waals surface area contributed by atoms with Crippen molar-refractivity contribution in [1.29, 1.82) is 0 Å². The molecule has 2 aromatic heterocycles. The predicted octanol–water partition coefficient (Wildman–Crippen LogP) is 1.66. The van der Waals surface area contributed by atoms with Gasteiger partial charge in [-0.25, -0.2) is 23.1 Å². The zero-order valence-corrected chi connectivity index (χ0v) is 24.1. The van der Waals surface area contributed by atoms with Crippen LogP contribution in [0.2, 0.25) is 0 Å². The molecule has 5 heterocycles. The molecule has 2 aromatic rings. The highest BCUT2D eigenvalue weighted by Gasteiger charge is 2.54. The minimum absolute atomic E-state index is 0.00141. The summed E-state index contributed by atoms with van der Waals surface area (Å²) in [6, 6.07) is 4.66. The monoisotopic (exact) mass is 557 g/mol. The highest BCUT2D eigenvalue weighted by atomic mass is 32.2. The highest BCUT2D eigenvalue weighted by molar-refractivity contribution is 7.88. The molecule has 11 nitrogen and oxygen atoms in total. The Morgan fingerprint density at radius 3 is 2.49 bits per heavy atom. The zero-order valence-electron chi connectivity index (χ0n) is 23.3. The first-order chi connectivity index (χ1) is 18.6. The molecule has 0 radical (unpaired) electrons. The third kappa shape index (κ3) is 4.95. The van der Waals surface area contributed by atoms with Crippen molar-refractivity contribution in [1.82, 2.24) is 30.3 Å². The molecular formula is C27H39N7O4S. The van der Waals surface area contributed by atoms with Crippen LogP contribution in [0.5, 0.6) is 0 Å². The van der Waals surface area contributed by atoms with Crippen LogP contribution in [0.1, 0.15) is 54.3 Å². The number of anilines is 1. The number of ether oxygens (including phenoxy) is 2. The lowest BCUT2D eigenvalue weighted by Gasteiger charge is -2.59. The van der Waals surface area contributed by atoms with Gasteiger partial charge >= 0.3 is 0 Å². The number of aromatic nitrogens is 3. The topological polar surface area (TPSA) is 122 Å². The zero-order chi connectivity index (χ0) is 27.5. The quantitative estimate of drug-likeness (QED) is 0.520. The number of nitrogens with zero attached hydrogens (tertiary/aromatic N) is 5. The summed E-state index contributed by atoms with van der Waals surface area (Å²) in [4.78, 5) is 7.03. The van der Waals surface area contributed by atoms with Gasteiger partial charge in [-0.2, -0.15) is 10.2 Å². The van der Waals surface area contributed by atoms with Gasteiger partial charge in [0.05, 0.1) is 42.5 Å². The lowest BCUT2D eigenvalue weighted by molar-refractivity contribution is -0.117. The van der Waals surface area contributed by atoms with Crippen LogP contribution >= 0.6 is 0 Å². The molecular weight excluding hydrogens is 518 g/mol. The summed E-state index contributed by atoms with van der Waals surface area (Å²) in [5.74, 6) is 1.28. The molecule has 4 fully saturated rings. The first-order valence-electron chi connectivity index (χ1n) is 13.7. The molecule has 4 aliphatic rings. The molecule has 1 saturated carbocycles. The van der Waals surface area contributed by atoms with Gasteiger partial charge in [-0.05, 0) is 56.7 Å². The Kier molecular flexibility index (Phi) is 6.92. The normalized spacial score (nSPS) is 31.0. The van der Waals surface area contributed by atoms with Gasteiger partial charge in [0.2, 0.25) is 10.0 Å². The van der Waals surface area contributed by atoms with Crippen LogP contribution in [-0.2, 0) is 19.5 Å². The Morgan fingerprint density at radius 1 is 1.08 bits per heavy atom. The number of nitrogens with one attached hydrogen (secondary N) is 2. The Morgan fingerprint density at radius 2 is 1.85 bits per heavy atom. The van der Waals surface area contributed by atoms with Gasteiger partial charge in [0, 0.05) is 56.5 Å². The molecule has 3 saturated heterocycles. The van der Waals surface area contributed by atoms with E-state index >= 15 is 0 Å². The fourth-order valence-corrected chi connectivity index (χ4v) is 8.12. The van der Waals surface area contributed by atoms with Crippen molar-refractivity contribution in [3.05, 3.63) is 46.9 Å². The van der Waals surface area contributed by atoms with E-state index in [0.29, 0.717) is 19.0 Å². The summed E-state index contributed by atoms with van der Waals surface area (Å²) in [5.41, 5.74) is 11.3. The largest absolute Gasteiger partial charge is 0.379 e. The van der Waals surface area contributed by atoms with E-state index in [9.17, 15) is 8.42 Å². The molecule has 5 unspecified atom stereocenters. The van der Waals surface area contributed by atoms with Gasteiger partial charge in [-0.1, -0.05) is 6.07 Å². The third-order valence-electron chi connectivity index (χ3n) is 9.14. The lowest BCUT2D eigenvalue weighted by Crippen LogP contribution is -2.73. The summed E-state index contributed by atoms with van der Waals surface area (Å²) in [7, 11) is -1.33. The molecule has 6 atom stereocenters. The van der Waals surface area contributed by atoms with Crippen LogP contribution in [0.25, 0.3) is 0 Å². The molecule has 39 heavy (non-hydrogen) atoms. The predicted molar refractivity (Wildman–Crippen MR) is 146 cm³/mol. The second kappa shape index (κ2) is 10.0. The van der Waals surface area contributed by atoms with Crippen molar-refractivity contribution in [2.75, 3.05) is 44.4 Å². The maximum atomic E-state index is 11.7. The summed E-state index contributed by atoms with van der Waals surface area (Å²) >= 11 is 0. The number of hydrogen-bond donors (Lipinski definition) is 2. The van der Waals surface area contributed by atoms with Crippen molar-refractivity contribution in [3.8, 4) is 0 Å². The number of pyridine rings is 1. The molecule has 1 aliphatic carbocycles. The maximum absolute atomic E-state index is 11.7.